The van der Waals surface area contributed by atoms with Gasteiger partial charge in [0.05, 0.1) is 0 Å². The van der Waals surface area contributed by atoms with Crippen LogP contribution in [0.5, 0.6) is 0 Å². The van der Waals surface area contributed by atoms with Crippen LogP contribution in [0.15, 0.2) is 30.3 Å². The predicted molar refractivity (Wildman–Crippen MR) is 51.9 cm³/mol. The van der Waals surface area contributed by atoms with Gasteiger partial charge in [-0.25, -0.2) is 5.90 Å². The molecule has 0 unspecified atom stereocenters. The van der Waals surface area contributed by atoms with Gasteiger partial charge in [-0.15, -0.1) is 0 Å². The Bertz CT molecular complexity index is 420. The van der Waals surface area contributed by atoms with Crippen LogP contribution in [-0.2, 0) is 18.5 Å². The minimum absolute atomic E-state index is 0.450. The molecule has 2 N–H and O–H groups in total. The quantitative estimate of drug-likeness (QED) is 0.705. The van der Waals surface area contributed by atoms with Crippen LogP contribution in [0.25, 0.3) is 10.9 Å². The molecule has 13 heavy (non-hydrogen) atoms. The van der Waals surface area contributed by atoms with E-state index in [4.69, 9.17) is 5.90 Å². The number of nitrogens with zero attached hydrogens (tertiary/aromatic N) is 1. The van der Waals surface area contributed by atoms with Crippen LogP contribution in [0.1, 0.15) is 5.69 Å². The topological polar surface area (TPSA) is 40.2 Å². The van der Waals surface area contributed by atoms with Gasteiger partial charge < -0.3 is 4.57 Å². The van der Waals surface area contributed by atoms with Crippen molar-refractivity contribution < 1.29 is 4.84 Å². The molecule has 0 saturated heterocycles. The first-order chi connectivity index (χ1) is 6.33. The summed E-state index contributed by atoms with van der Waals surface area (Å²) in [5.74, 6) is 5.04. The Hall–Kier alpha value is -1.32. The van der Waals surface area contributed by atoms with Crippen LogP contribution in [0.4, 0.5) is 0 Å². The van der Waals surface area contributed by atoms with Gasteiger partial charge in [0.25, 0.3) is 0 Å². The van der Waals surface area contributed by atoms with E-state index in [1.807, 2.05) is 19.2 Å². The molecule has 0 fully saturated rings. The minimum Gasteiger partial charge on any atom is -0.345 e. The van der Waals surface area contributed by atoms with Crippen molar-refractivity contribution in [3.8, 4) is 0 Å². The predicted octanol–water partition coefficient (Wildman–Crippen LogP) is 1.57. The van der Waals surface area contributed by atoms with Gasteiger partial charge in [0.2, 0.25) is 0 Å². The van der Waals surface area contributed by atoms with Crippen LogP contribution in [0.3, 0.4) is 0 Å². The minimum atomic E-state index is 0.450. The van der Waals surface area contributed by atoms with E-state index in [1.165, 1.54) is 10.9 Å². The highest BCUT2D eigenvalue weighted by molar-refractivity contribution is 5.81. The van der Waals surface area contributed by atoms with Crippen molar-refractivity contribution >= 4 is 10.9 Å². The first kappa shape index (κ1) is 8.29. The second-order valence-electron chi connectivity index (χ2n) is 3.06. The first-order valence-electron chi connectivity index (χ1n) is 4.18. The first-order valence-corrected chi connectivity index (χ1v) is 4.18. The molecule has 0 aliphatic carbocycles. The van der Waals surface area contributed by atoms with E-state index in [1.54, 1.807) is 0 Å². The molecule has 1 aromatic heterocycles. The number of hydrogen-bond donors (Lipinski definition) is 1. The molecular weight excluding hydrogens is 164 g/mol. The lowest BCUT2D eigenvalue weighted by Gasteiger charge is -2.01. The van der Waals surface area contributed by atoms with Crippen molar-refractivity contribution in [2.24, 2.45) is 12.9 Å². The number of aryl methyl sites for hydroxylation is 1. The monoisotopic (exact) mass is 176 g/mol. The Morgan fingerprint density at radius 3 is 2.85 bits per heavy atom. The Kier molecular flexibility index (Phi) is 2.04. The van der Waals surface area contributed by atoms with Gasteiger partial charge in [-0.3, -0.25) is 4.84 Å². The smallest absolute Gasteiger partial charge is 0.108 e. The van der Waals surface area contributed by atoms with Crippen molar-refractivity contribution in [2.45, 2.75) is 6.61 Å². The van der Waals surface area contributed by atoms with E-state index in [2.05, 4.69) is 27.6 Å². The van der Waals surface area contributed by atoms with Gasteiger partial charge in [0.1, 0.15) is 6.61 Å². The van der Waals surface area contributed by atoms with E-state index in [0.29, 0.717) is 6.61 Å². The largest absolute Gasteiger partial charge is 0.345 e. The average molecular weight is 176 g/mol. The maximum Gasteiger partial charge on any atom is 0.108 e. The molecule has 0 aliphatic rings. The number of hydrogen-bond acceptors (Lipinski definition) is 2. The van der Waals surface area contributed by atoms with Crippen molar-refractivity contribution in [1.82, 2.24) is 4.57 Å². The van der Waals surface area contributed by atoms with E-state index in [0.717, 1.165) is 5.69 Å². The maximum absolute atomic E-state index is 5.04. The van der Waals surface area contributed by atoms with E-state index in [9.17, 15) is 0 Å². The fourth-order valence-electron chi connectivity index (χ4n) is 1.57. The summed E-state index contributed by atoms with van der Waals surface area (Å²) >= 11 is 0. The zero-order chi connectivity index (χ0) is 9.26. The summed E-state index contributed by atoms with van der Waals surface area (Å²) in [6.45, 7) is 0.450. The third-order valence-electron chi connectivity index (χ3n) is 2.28. The Labute approximate surface area is 76.7 Å². The third-order valence-corrected chi connectivity index (χ3v) is 2.28. The molecule has 0 atom stereocenters. The molecule has 3 heteroatoms. The zero-order valence-corrected chi connectivity index (χ0v) is 7.53. The highest BCUT2D eigenvalue weighted by atomic mass is 16.6. The zero-order valence-electron chi connectivity index (χ0n) is 7.53. The Balaban J connectivity index is 2.60. The molecule has 2 rings (SSSR count). The molecule has 3 nitrogen and oxygen atoms in total. The molecule has 0 radical (unpaired) electrons. The molecule has 0 amide bonds. The van der Waals surface area contributed by atoms with Gasteiger partial charge in [0.15, 0.2) is 0 Å². The fraction of sp³-hybridized carbons (Fsp3) is 0.200. The van der Waals surface area contributed by atoms with Crippen LogP contribution in [-0.4, -0.2) is 4.57 Å². The average Bonchev–Trinajstić information content (AvgIpc) is 2.46. The molecule has 1 aromatic carbocycles. The fourth-order valence-corrected chi connectivity index (χ4v) is 1.57. The summed E-state index contributed by atoms with van der Waals surface area (Å²) in [4.78, 5) is 4.62. The summed E-state index contributed by atoms with van der Waals surface area (Å²) in [5, 5.41) is 1.22. The molecule has 0 spiro atoms. The molecule has 0 aliphatic heterocycles. The molecule has 0 saturated carbocycles. The molecule has 2 aromatic rings. The van der Waals surface area contributed by atoms with Crippen LogP contribution < -0.4 is 5.90 Å². The molecular formula is C10H12N2O. The van der Waals surface area contributed by atoms with Crippen molar-refractivity contribution in [3.05, 3.63) is 36.0 Å². The second kappa shape index (κ2) is 3.20. The summed E-state index contributed by atoms with van der Waals surface area (Å²) in [6, 6.07) is 10.3. The summed E-state index contributed by atoms with van der Waals surface area (Å²) < 4.78 is 2.09. The van der Waals surface area contributed by atoms with Gasteiger partial charge >= 0.3 is 0 Å². The highest BCUT2D eigenvalue weighted by Crippen LogP contribution is 2.18. The molecule has 68 valence electrons. The standard InChI is InChI=1S/C10H12N2O/c1-12-9(7-13-11)6-8-4-2-3-5-10(8)12/h2-6H,7,11H2,1H3. The van der Waals surface area contributed by atoms with Crippen molar-refractivity contribution in [2.75, 3.05) is 0 Å². The van der Waals surface area contributed by atoms with E-state index in [-0.39, 0.29) is 0 Å². The number of nitrogens with two attached hydrogens (primary N) is 1. The lowest BCUT2D eigenvalue weighted by molar-refractivity contribution is 0.119. The molecule has 1 heterocycles. The van der Waals surface area contributed by atoms with Crippen LogP contribution in [0, 0.1) is 0 Å². The number of aromatic nitrogens is 1. The van der Waals surface area contributed by atoms with Gasteiger partial charge in [-0.2, -0.15) is 0 Å². The maximum atomic E-state index is 5.04. The van der Waals surface area contributed by atoms with Gasteiger partial charge in [-0.05, 0) is 17.5 Å². The number of para-hydroxylation sites is 1. The van der Waals surface area contributed by atoms with E-state index < -0.39 is 0 Å². The van der Waals surface area contributed by atoms with Crippen molar-refractivity contribution in [1.29, 1.82) is 0 Å². The summed E-state index contributed by atoms with van der Waals surface area (Å²) in [6.07, 6.45) is 0. The lowest BCUT2D eigenvalue weighted by atomic mass is 10.2. The van der Waals surface area contributed by atoms with Crippen LogP contribution >= 0.6 is 0 Å². The van der Waals surface area contributed by atoms with E-state index >= 15 is 0 Å². The van der Waals surface area contributed by atoms with Gasteiger partial charge in [-0.1, -0.05) is 18.2 Å². The lowest BCUT2D eigenvalue weighted by Crippen LogP contribution is -2.03. The summed E-state index contributed by atoms with van der Waals surface area (Å²) in [7, 11) is 2.01. The van der Waals surface area contributed by atoms with Crippen molar-refractivity contribution in [3.63, 3.8) is 0 Å². The number of fused-ring (bicyclic) bond motifs is 1. The highest BCUT2D eigenvalue weighted by Gasteiger charge is 2.03. The number of benzene rings is 1. The third kappa shape index (κ3) is 1.32. The van der Waals surface area contributed by atoms with Gasteiger partial charge in [0, 0.05) is 18.3 Å². The number of rotatable bonds is 2. The second-order valence-corrected chi connectivity index (χ2v) is 3.06. The summed E-state index contributed by atoms with van der Waals surface area (Å²) in [5.41, 5.74) is 2.29. The Morgan fingerprint density at radius 2 is 2.15 bits per heavy atom. The Morgan fingerprint density at radius 1 is 1.38 bits per heavy atom. The molecule has 0 bridgehead atoms. The SMILES string of the molecule is Cn1c(CON)cc2ccccc21. The van der Waals surface area contributed by atoms with Crippen LogP contribution in [0.2, 0.25) is 0 Å². The normalized spacial score (nSPS) is 10.9.